The molecule has 98 valence electrons. The van der Waals surface area contributed by atoms with Crippen molar-refractivity contribution in [3.63, 3.8) is 0 Å². The Morgan fingerprint density at radius 1 is 0.765 bits per heavy atom. The van der Waals surface area contributed by atoms with Crippen molar-refractivity contribution < 1.29 is 29.0 Å². The summed E-state index contributed by atoms with van der Waals surface area (Å²) < 4.78 is 9.89. The van der Waals surface area contributed by atoms with Crippen LogP contribution in [0.4, 0.5) is 0 Å². The van der Waals surface area contributed by atoms with Gasteiger partial charge in [0, 0.05) is 19.5 Å². The topological polar surface area (TPSA) is 70.5 Å². The molecular weight excluding hydrogens is 310 g/mol. The fourth-order valence-electron chi connectivity index (χ4n) is 0.604. The zero-order valence-electron chi connectivity index (χ0n) is 11.5. The first-order valence-corrected chi connectivity index (χ1v) is 5.62. The van der Waals surface area contributed by atoms with Crippen LogP contribution >= 0.6 is 24.4 Å². The summed E-state index contributed by atoms with van der Waals surface area (Å²) in [6, 6.07) is 0. The van der Waals surface area contributed by atoms with Crippen LogP contribution < -0.4 is 11.5 Å². The first kappa shape index (κ1) is 22.2. The summed E-state index contributed by atoms with van der Waals surface area (Å²) in [5, 5.41) is 0.218. The van der Waals surface area contributed by atoms with Crippen LogP contribution in [-0.2, 0) is 29.0 Å². The normalized spacial score (nSPS) is 10.2. The van der Waals surface area contributed by atoms with Gasteiger partial charge in [0.2, 0.25) is 0 Å². The molecule has 0 atom stereocenters. The van der Waals surface area contributed by atoms with Crippen molar-refractivity contribution in [2.24, 2.45) is 11.5 Å². The molecule has 7 heteroatoms. The summed E-state index contributed by atoms with van der Waals surface area (Å²) in [5.74, 6) is 0. The van der Waals surface area contributed by atoms with Crippen LogP contribution in [0, 0.1) is 0 Å². The Kier molecular flexibility index (Phi) is 11.8. The number of thiocarbonyl (C=S) groups is 2. The van der Waals surface area contributed by atoms with Gasteiger partial charge in [0.05, 0.1) is 0 Å². The Morgan fingerprint density at radius 3 is 0.941 bits per heavy atom. The minimum atomic E-state index is -0.244. The third-order valence-electron chi connectivity index (χ3n) is 0.814. The molecule has 0 saturated carbocycles. The fraction of sp³-hybridized carbons (Fsp3) is 0.800. The van der Waals surface area contributed by atoms with Crippen molar-refractivity contribution in [3.05, 3.63) is 0 Å². The Balaban J connectivity index is -0.000000218. The molecule has 0 aliphatic carbocycles. The minimum Gasteiger partial charge on any atom is -0.465 e. The van der Waals surface area contributed by atoms with Crippen molar-refractivity contribution in [3.8, 4) is 0 Å². The molecule has 4 N–H and O–H groups in total. The quantitative estimate of drug-likeness (QED) is 0.523. The van der Waals surface area contributed by atoms with Crippen molar-refractivity contribution >= 4 is 34.8 Å². The van der Waals surface area contributed by atoms with E-state index < -0.39 is 0 Å². The molecular formula is C10H22N2O2S2Zn. The minimum absolute atomic E-state index is 0. The van der Waals surface area contributed by atoms with Crippen LogP contribution in [0.3, 0.4) is 0 Å². The molecule has 0 aromatic heterocycles. The summed E-state index contributed by atoms with van der Waals surface area (Å²) in [6.07, 6.45) is 0. The third-order valence-corrected chi connectivity index (χ3v) is 0.980. The van der Waals surface area contributed by atoms with Crippen LogP contribution in [0.1, 0.15) is 41.5 Å². The van der Waals surface area contributed by atoms with Crippen LogP contribution in [0.2, 0.25) is 0 Å². The van der Waals surface area contributed by atoms with Crippen molar-refractivity contribution in [1.82, 2.24) is 0 Å². The maximum absolute atomic E-state index is 5.09. The van der Waals surface area contributed by atoms with Gasteiger partial charge in [0.1, 0.15) is 11.2 Å². The van der Waals surface area contributed by atoms with Gasteiger partial charge in [-0.2, -0.15) is 0 Å². The molecule has 0 heterocycles. The molecule has 17 heavy (non-hydrogen) atoms. The van der Waals surface area contributed by atoms with Crippen molar-refractivity contribution in [2.75, 3.05) is 0 Å². The zero-order chi connectivity index (χ0) is 13.6. The first-order valence-electron chi connectivity index (χ1n) is 4.80. The first-order chi connectivity index (χ1) is 6.83. The van der Waals surface area contributed by atoms with Crippen LogP contribution in [-0.4, -0.2) is 21.6 Å². The van der Waals surface area contributed by atoms with Crippen molar-refractivity contribution in [1.29, 1.82) is 0 Å². The second-order valence-corrected chi connectivity index (χ2v) is 5.87. The molecule has 0 bridgehead atoms. The molecule has 0 rings (SSSR count). The van der Waals surface area contributed by atoms with E-state index in [1.807, 2.05) is 41.5 Å². The SMILES string of the molecule is CC(C)(C)OC(N)=S.CC(C)(C)OC(N)=S.[Zn]. The molecule has 0 spiro atoms. The van der Waals surface area contributed by atoms with E-state index in [9.17, 15) is 0 Å². The second kappa shape index (κ2) is 9.00. The monoisotopic (exact) mass is 330 g/mol. The second-order valence-electron chi connectivity index (χ2n) is 5.07. The van der Waals surface area contributed by atoms with Crippen LogP contribution in [0.15, 0.2) is 0 Å². The smallest absolute Gasteiger partial charge is 0.254 e. The Labute approximate surface area is 128 Å². The van der Waals surface area contributed by atoms with Gasteiger partial charge in [-0.1, -0.05) is 0 Å². The Bertz CT molecular complexity index is 222. The molecule has 0 radical (unpaired) electrons. The Morgan fingerprint density at radius 2 is 0.941 bits per heavy atom. The van der Waals surface area contributed by atoms with E-state index in [1.165, 1.54) is 0 Å². The summed E-state index contributed by atoms with van der Waals surface area (Å²) in [7, 11) is 0. The third kappa shape index (κ3) is 31.4. The van der Waals surface area contributed by atoms with Gasteiger partial charge >= 0.3 is 0 Å². The average Bonchev–Trinajstić information content (AvgIpc) is 1.72. The maximum atomic E-state index is 5.09. The number of ether oxygens (including phenoxy) is 2. The number of hydrogen-bond donors (Lipinski definition) is 2. The maximum Gasteiger partial charge on any atom is 0.254 e. The fourth-order valence-corrected chi connectivity index (χ4v) is 1.10. The van der Waals surface area contributed by atoms with Gasteiger partial charge in [-0.05, 0) is 66.0 Å². The van der Waals surface area contributed by atoms with E-state index in [4.69, 9.17) is 20.9 Å². The standard InChI is InChI=1S/2C5H11NOS.Zn/c2*1-5(2,3)7-4(6)8;/h2*1-3H3,(H2,6,8);. The summed E-state index contributed by atoms with van der Waals surface area (Å²) in [4.78, 5) is 0. The molecule has 0 aliphatic heterocycles. The average molecular weight is 332 g/mol. The van der Waals surface area contributed by atoms with Gasteiger partial charge in [-0.25, -0.2) is 0 Å². The van der Waals surface area contributed by atoms with Gasteiger partial charge in [-0.15, -0.1) is 0 Å². The summed E-state index contributed by atoms with van der Waals surface area (Å²) in [5.41, 5.74) is 9.69. The van der Waals surface area contributed by atoms with Gasteiger partial charge < -0.3 is 20.9 Å². The van der Waals surface area contributed by atoms with E-state index in [1.54, 1.807) is 0 Å². The summed E-state index contributed by atoms with van der Waals surface area (Å²) >= 11 is 9.00. The van der Waals surface area contributed by atoms with Gasteiger partial charge in [-0.3, -0.25) is 0 Å². The van der Waals surface area contributed by atoms with E-state index >= 15 is 0 Å². The molecule has 4 nitrogen and oxygen atoms in total. The summed E-state index contributed by atoms with van der Waals surface area (Å²) in [6.45, 7) is 11.4. The van der Waals surface area contributed by atoms with E-state index in [0.717, 1.165) is 0 Å². The Hall–Kier alpha value is 0.00338. The number of rotatable bonds is 0. The van der Waals surface area contributed by atoms with E-state index in [-0.39, 0.29) is 41.0 Å². The number of hydrogen-bond acceptors (Lipinski definition) is 4. The van der Waals surface area contributed by atoms with Crippen molar-refractivity contribution in [2.45, 2.75) is 52.7 Å². The van der Waals surface area contributed by atoms with E-state index in [2.05, 4.69) is 24.4 Å². The van der Waals surface area contributed by atoms with Gasteiger partial charge in [0.25, 0.3) is 10.3 Å². The molecule has 0 amide bonds. The largest absolute Gasteiger partial charge is 0.465 e. The molecule has 0 saturated heterocycles. The molecule has 0 aromatic rings. The van der Waals surface area contributed by atoms with Gasteiger partial charge in [0.15, 0.2) is 0 Å². The predicted octanol–water partition coefficient (Wildman–Crippen LogP) is 2.09. The molecule has 0 aliphatic rings. The van der Waals surface area contributed by atoms with E-state index in [0.29, 0.717) is 0 Å². The predicted molar refractivity (Wildman–Crippen MR) is 75.2 cm³/mol. The van der Waals surface area contributed by atoms with Crippen LogP contribution in [0.25, 0.3) is 0 Å². The molecule has 0 fully saturated rings. The number of nitrogens with two attached hydrogens (primary N) is 2. The zero-order valence-corrected chi connectivity index (χ0v) is 16.1. The molecule has 0 aromatic carbocycles. The molecule has 0 unspecified atom stereocenters. The van der Waals surface area contributed by atoms with Crippen LogP contribution in [0.5, 0.6) is 0 Å².